The summed E-state index contributed by atoms with van der Waals surface area (Å²) in [5.74, 6) is 0.887. The van der Waals surface area contributed by atoms with E-state index in [2.05, 4.69) is 20.4 Å². The van der Waals surface area contributed by atoms with Crippen molar-refractivity contribution in [1.29, 1.82) is 0 Å². The van der Waals surface area contributed by atoms with Gasteiger partial charge in [0.25, 0.3) is 5.91 Å². The third-order valence-corrected chi connectivity index (χ3v) is 5.62. The molecule has 1 amide bonds. The summed E-state index contributed by atoms with van der Waals surface area (Å²) in [7, 11) is 1.91. The Morgan fingerprint density at radius 3 is 2.48 bits per heavy atom. The van der Waals surface area contributed by atoms with Gasteiger partial charge < -0.3 is 15.1 Å². The number of aromatic nitrogens is 2. The molecular formula is C17H25N5O. The van der Waals surface area contributed by atoms with Gasteiger partial charge in [-0.05, 0) is 50.7 Å². The zero-order valence-electron chi connectivity index (χ0n) is 13.7. The molecule has 0 spiro atoms. The largest absolute Gasteiger partial charge is 0.355 e. The minimum absolute atomic E-state index is 0.00299. The SMILES string of the molecule is CN(C(=O)c1ccc(N2CCCC2)nn1)C1CC2CCC(C1)N2. The van der Waals surface area contributed by atoms with Gasteiger partial charge in [-0.3, -0.25) is 4.79 Å². The number of amides is 1. The van der Waals surface area contributed by atoms with E-state index in [1.807, 2.05) is 24.1 Å². The molecule has 1 N–H and O–H groups in total. The molecule has 2 unspecified atom stereocenters. The Kier molecular flexibility index (Phi) is 3.93. The number of carbonyl (C=O) groups excluding carboxylic acids is 1. The summed E-state index contributed by atoms with van der Waals surface area (Å²) in [6.45, 7) is 2.08. The molecule has 1 aromatic heterocycles. The lowest BCUT2D eigenvalue weighted by Gasteiger charge is -2.35. The second-order valence-corrected chi connectivity index (χ2v) is 7.15. The second kappa shape index (κ2) is 6.07. The van der Waals surface area contributed by atoms with E-state index in [9.17, 15) is 4.79 Å². The molecule has 3 saturated heterocycles. The van der Waals surface area contributed by atoms with Gasteiger partial charge in [0.1, 0.15) is 0 Å². The van der Waals surface area contributed by atoms with Crippen LogP contribution in [-0.4, -0.2) is 59.3 Å². The number of hydrogen-bond donors (Lipinski definition) is 1. The Balaban J connectivity index is 1.43. The normalized spacial score (nSPS) is 29.8. The molecule has 4 rings (SSSR count). The molecule has 0 saturated carbocycles. The summed E-state index contributed by atoms with van der Waals surface area (Å²) in [5.41, 5.74) is 0.460. The number of hydrogen-bond acceptors (Lipinski definition) is 5. The highest BCUT2D eigenvalue weighted by atomic mass is 16.2. The molecule has 0 radical (unpaired) electrons. The Morgan fingerprint density at radius 1 is 1.17 bits per heavy atom. The first-order valence-corrected chi connectivity index (χ1v) is 8.82. The van der Waals surface area contributed by atoms with Crippen molar-refractivity contribution in [3.05, 3.63) is 17.8 Å². The van der Waals surface area contributed by atoms with E-state index in [1.54, 1.807) is 0 Å². The number of piperidine rings is 1. The van der Waals surface area contributed by atoms with Crippen LogP contribution in [0.4, 0.5) is 5.82 Å². The van der Waals surface area contributed by atoms with Crippen LogP contribution in [0.2, 0.25) is 0 Å². The Morgan fingerprint density at radius 2 is 1.87 bits per heavy atom. The predicted octanol–water partition coefficient (Wildman–Crippen LogP) is 1.43. The molecular weight excluding hydrogens is 290 g/mol. The zero-order chi connectivity index (χ0) is 15.8. The van der Waals surface area contributed by atoms with Crippen molar-refractivity contribution in [2.75, 3.05) is 25.0 Å². The van der Waals surface area contributed by atoms with Gasteiger partial charge in [0.2, 0.25) is 0 Å². The molecule has 0 aliphatic carbocycles. The van der Waals surface area contributed by atoms with E-state index in [1.165, 1.54) is 25.7 Å². The monoisotopic (exact) mass is 315 g/mol. The third kappa shape index (κ3) is 2.92. The van der Waals surface area contributed by atoms with E-state index in [0.717, 1.165) is 31.7 Å². The Hall–Kier alpha value is -1.69. The first-order chi connectivity index (χ1) is 11.2. The topological polar surface area (TPSA) is 61.4 Å². The van der Waals surface area contributed by atoms with Gasteiger partial charge in [0.15, 0.2) is 11.5 Å². The third-order valence-electron chi connectivity index (χ3n) is 5.62. The van der Waals surface area contributed by atoms with Crippen molar-refractivity contribution in [3.63, 3.8) is 0 Å². The van der Waals surface area contributed by atoms with E-state index >= 15 is 0 Å². The maximum Gasteiger partial charge on any atom is 0.274 e. The van der Waals surface area contributed by atoms with Crippen molar-refractivity contribution in [3.8, 4) is 0 Å². The molecule has 1 aromatic rings. The number of rotatable bonds is 3. The number of anilines is 1. The molecule has 3 aliphatic rings. The van der Waals surface area contributed by atoms with Gasteiger partial charge in [-0.25, -0.2) is 0 Å². The average Bonchev–Trinajstić information content (AvgIpc) is 3.23. The Labute approximate surface area is 137 Å². The summed E-state index contributed by atoms with van der Waals surface area (Å²) in [4.78, 5) is 16.8. The summed E-state index contributed by atoms with van der Waals surface area (Å²) in [6, 6.07) is 5.25. The average molecular weight is 315 g/mol. The molecule has 4 heterocycles. The molecule has 124 valence electrons. The van der Waals surface area contributed by atoms with E-state index in [4.69, 9.17) is 0 Å². The minimum Gasteiger partial charge on any atom is -0.355 e. The Bertz CT molecular complexity index is 557. The maximum absolute atomic E-state index is 12.7. The van der Waals surface area contributed by atoms with Crippen LogP contribution in [0.5, 0.6) is 0 Å². The van der Waals surface area contributed by atoms with Crippen LogP contribution in [0.25, 0.3) is 0 Å². The van der Waals surface area contributed by atoms with Crippen molar-refractivity contribution < 1.29 is 4.79 Å². The first-order valence-electron chi connectivity index (χ1n) is 8.82. The molecule has 6 nitrogen and oxygen atoms in total. The van der Waals surface area contributed by atoms with Crippen molar-refractivity contribution in [2.45, 2.75) is 56.7 Å². The lowest BCUT2D eigenvalue weighted by atomic mass is 9.98. The fraction of sp³-hybridized carbons (Fsp3) is 0.706. The smallest absolute Gasteiger partial charge is 0.274 e. The summed E-state index contributed by atoms with van der Waals surface area (Å²) >= 11 is 0. The molecule has 2 atom stereocenters. The van der Waals surface area contributed by atoms with Gasteiger partial charge in [-0.1, -0.05) is 0 Å². The summed E-state index contributed by atoms with van der Waals surface area (Å²) in [5, 5.41) is 12.1. The predicted molar refractivity (Wildman–Crippen MR) is 88.5 cm³/mol. The van der Waals surface area contributed by atoms with Crippen molar-refractivity contribution in [2.24, 2.45) is 0 Å². The summed E-state index contributed by atoms with van der Waals surface area (Å²) in [6.07, 6.45) is 7.02. The zero-order valence-corrected chi connectivity index (χ0v) is 13.7. The number of nitrogens with zero attached hydrogens (tertiary/aromatic N) is 4. The van der Waals surface area contributed by atoms with Gasteiger partial charge in [-0.15, -0.1) is 10.2 Å². The van der Waals surface area contributed by atoms with Crippen LogP contribution in [0.1, 0.15) is 49.0 Å². The standard InChI is InChI=1S/C17H25N5O/c1-21(14-10-12-4-5-13(11-14)18-12)17(23)15-6-7-16(20-19-15)22-8-2-3-9-22/h6-7,12-14,18H,2-5,8-11H2,1H3. The fourth-order valence-corrected chi connectivity index (χ4v) is 4.24. The molecule has 2 bridgehead atoms. The highest BCUT2D eigenvalue weighted by molar-refractivity contribution is 5.92. The van der Waals surface area contributed by atoms with E-state index in [-0.39, 0.29) is 5.91 Å². The van der Waals surface area contributed by atoms with Crippen LogP contribution in [0, 0.1) is 0 Å². The number of nitrogens with one attached hydrogen (secondary N) is 1. The molecule has 23 heavy (non-hydrogen) atoms. The fourth-order valence-electron chi connectivity index (χ4n) is 4.24. The van der Waals surface area contributed by atoms with E-state index in [0.29, 0.717) is 23.8 Å². The van der Waals surface area contributed by atoms with Crippen molar-refractivity contribution in [1.82, 2.24) is 20.4 Å². The second-order valence-electron chi connectivity index (χ2n) is 7.15. The lowest BCUT2D eigenvalue weighted by molar-refractivity contribution is 0.0674. The quantitative estimate of drug-likeness (QED) is 0.914. The maximum atomic E-state index is 12.7. The van der Waals surface area contributed by atoms with Crippen LogP contribution in [-0.2, 0) is 0 Å². The lowest BCUT2D eigenvalue weighted by Crippen LogP contribution is -2.48. The van der Waals surface area contributed by atoms with Crippen molar-refractivity contribution >= 4 is 11.7 Å². The van der Waals surface area contributed by atoms with E-state index < -0.39 is 0 Å². The van der Waals surface area contributed by atoms with Gasteiger partial charge in [0, 0.05) is 38.3 Å². The molecule has 3 aliphatic heterocycles. The van der Waals surface area contributed by atoms with Gasteiger partial charge >= 0.3 is 0 Å². The first kappa shape index (κ1) is 14.9. The molecule has 3 fully saturated rings. The highest BCUT2D eigenvalue weighted by Gasteiger charge is 2.36. The molecule has 0 aromatic carbocycles. The van der Waals surface area contributed by atoms with Crippen LogP contribution in [0.3, 0.4) is 0 Å². The van der Waals surface area contributed by atoms with Crippen LogP contribution < -0.4 is 10.2 Å². The van der Waals surface area contributed by atoms with Gasteiger partial charge in [0.05, 0.1) is 0 Å². The van der Waals surface area contributed by atoms with Gasteiger partial charge in [-0.2, -0.15) is 0 Å². The highest BCUT2D eigenvalue weighted by Crippen LogP contribution is 2.29. The minimum atomic E-state index is -0.00299. The van der Waals surface area contributed by atoms with Crippen LogP contribution in [0.15, 0.2) is 12.1 Å². The number of fused-ring (bicyclic) bond motifs is 2. The van der Waals surface area contributed by atoms with Crippen LogP contribution >= 0.6 is 0 Å². The molecule has 6 heteroatoms. The summed E-state index contributed by atoms with van der Waals surface area (Å²) < 4.78 is 0. The number of carbonyl (C=O) groups is 1.